The zero-order chi connectivity index (χ0) is 20.1. The molecule has 0 amide bonds. The van der Waals surface area contributed by atoms with Crippen LogP contribution in [0.4, 0.5) is 5.13 Å². The summed E-state index contributed by atoms with van der Waals surface area (Å²) in [6.07, 6.45) is 2.14. The molecule has 0 saturated carbocycles. The topological polar surface area (TPSA) is 61.3 Å². The van der Waals surface area contributed by atoms with Gasteiger partial charge in [0, 0.05) is 29.7 Å². The smallest absolute Gasteiger partial charge is 0.208 e. The van der Waals surface area contributed by atoms with Crippen LogP contribution >= 0.6 is 11.3 Å². The minimum absolute atomic E-state index is 0.0953. The fourth-order valence-electron chi connectivity index (χ4n) is 4.54. The number of aromatic hydroxyl groups is 1. The Hall–Kier alpha value is -2.18. The van der Waals surface area contributed by atoms with Gasteiger partial charge in [-0.2, -0.15) is 0 Å². The van der Waals surface area contributed by atoms with Gasteiger partial charge in [0.15, 0.2) is 0 Å². The first-order valence-corrected chi connectivity index (χ1v) is 10.5. The van der Waals surface area contributed by atoms with Crippen LogP contribution in [0.2, 0.25) is 0 Å². The number of anilines is 1. The molecule has 5 nitrogen and oxygen atoms in total. The molecule has 0 bridgehead atoms. The van der Waals surface area contributed by atoms with Gasteiger partial charge >= 0.3 is 0 Å². The Morgan fingerprint density at radius 3 is 2.36 bits per heavy atom. The van der Waals surface area contributed by atoms with Crippen molar-refractivity contribution in [2.24, 2.45) is 0 Å². The Bertz CT molecular complexity index is 995. The summed E-state index contributed by atoms with van der Waals surface area (Å²) in [7, 11) is 2.13. The SMILES string of the molecule is CN(c1nnc(-c2ccc3cc(O)ccc3c2)s1)C1CC(C)(C)NC(C)(C)C1. The number of hydrogen-bond donors (Lipinski definition) is 2. The Kier molecular flexibility index (Phi) is 4.59. The molecule has 0 atom stereocenters. The summed E-state index contributed by atoms with van der Waals surface area (Å²) in [6.45, 7) is 9.08. The number of hydrogen-bond acceptors (Lipinski definition) is 6. The molecule has 2 N–H and O–H groups in total. The summed E-state index contributed by atoms with van der Waals surface area (Å²) in [6, 6.07) is 12.0. The second-order valence-corrected chi connectivity index (χ2v) is 10.2. The van der Waals surface area contributed by atoms with Gasteiger partial charge in [-0.05, 0) is 69.5 Å². The van der Waals surface area contributed by atoms with Crippen molar-refractivity contribution in [1.29, 1.82) is 0 Å². The molecule has 4 rings (SSSR count). The minimum atomic E-state index is 0.0953. The lowest BCUT2D eigenvalue weighted by Gasteiger charge is -2.48. The fourth-order valence-corrected chi connectivity index (χ4v) is 5.41. The number of piperidine rings is 1. The molecule has 0 unspecified atom stereocenters. The van der Waals surface area contributed by atoms with E-state index >= 15 is 0 Å². The van der Waals surface area contributed by atoms with E-state index in [1.54, 1.807) is 23.5 Å². The van der Waals surface area contributed by atoms with E-state index in [1.165, 1.54) is 0 Å². The Morgan fingerprint density at radius 1 is 1.00 bits per heavy atom. The van der Waals surface area contributed by atoms with Crippen molar-refractivity contribution in [2.45, 2.75) is 57.7 Å². The van der Waals surface area contributed by atoms with Crippen LogP contribution in [0.15, 0.2) is 36.4 Å². The molecular weight excluding hydrogens is 368 g/mol. The molecule has 1 fully saturated rings. The Morgan fingerprint density at radius 2 is 1.64 bits per heavy atom. The zero-order valence-corrected chi connectivity index (χ0v) is 18.0. The monoisotopic (exact) mass is 396 g/mol. The molecule has 6 heteroatoms. The Balaban J connectivity index is 1.59. The van der Waals surface area contributed by atoms with Gasteiger partial charge in [0.1, 0.15) is 10.8 Å². The third-order valence-corrected chi connectivity index (χ3v) is 6.57. The average Bonchev–Trinajstić information content (AvgIpc) is 3.08. The predicted molar refractivity (Wildman–Crippen MR) is 117 cm³/mol. The van der Waals surface area contributed by atoms with Crippen LogP contribution in [0.25, 0.3) is 21.3 Å². The lowest BCUT2D eigenvalue weighted by Crippen LogP contribution is -2.61. The van der Waals surface area contributed by atoms with Gasteiger partial charge in [0.2, 0.25) is 5.13 Å². The van der Waals surface area contributed by atoms with Crippen molar-refractivity contribution in [3.8, 4) is 16.3 Å². The summed E-state index contributed by atoms with van der Waals surface area (Å²) in [5, 5.41) is 26.3. The lowest BCUT2D eigenvalue weighted by atomic mass is 9.79. The van der Waals surface area contributed by atoms with E-state index in [2.05, 4.69) is 61.2 Å². The maximum absolute atomic E-state index is 9.65. The number of benzene rings is 2. The van der Waals surface area contributed by atoms with Gasteiger partial charge in [-0.3, -0.25) is 0 Å². The van der Waals surface area contributed by atoms with Crippen LogP contribution < -0.4 is 10.2 Å². The molecule has 1 aromatic heterocycles. The third-order valence-electron chi connectivity index (χ3n) is 5.50. The summed E-state index contributed by atoms with van der Waals surface area (Å²) < 4.78 is 0. The number of nitrogens with zero attached hydrogens (tertiary/aromatic N) is 3. The molecule has 148 valence electrons. The number of phenols is 1. The van der Waals surface area contributed by atoms with Crippen molar-refractivity contribution < 1.29 is 5.11 Å². The number of phenolic OH excluding ortho intramolecular Hbond substituents is 1. The van der Waals surface area contributed by atoms with E-state index in [-0.39, 0.29) is 16.8 Å². The predicted octanol–water partition coefficient (Wildman–Crippen LogP) is 4.81. The molecule has 3 aromatic rings. The van der Waals surface area contributed by atoms with Crippen molar-refractivity contribution in [2.75, 3.05) is 11.9 Å². The molecule has 0 spiro atoms. The molecule has 0 aliphatic carbocycles. The largest absolute Gasteiger partial charge is 0.508 e. The van der Waals surface area contributed by atoms with Gasteiger partial charge in [-0.1, -0.05) is 29.5 Å². The number of fused-ring (bicyclic) bond motifs is 1. The first-order chi connectivity index (χ1) is 13.1. The van der Waals surface area contributed by atoms with Gasteiger partial charge in [0.05, 0.1) is 0 Å². The van der Waals surface area contributed by atoms with E-state index in [1.807, 2.05) is 18.2 Å². The first kappa shape index (κ1) is 19.2. The number of nitrogens with one attached hydrogen (secondary N) is 1. The summed E-state index contributed by atoms with van der Waals surface area (Å²) in [5.41, 5.74) is 1.25. The highest BCUT2D eigenvalue weighted by Crippen LogP contribution is 2.36. The van der Waals surface area contributed by atoms with Crippen molar-refractivity contribution in [3.05, 3.63) is 36.4 Å². The zero-order valence-electron chi connectivity index (χ0n) is 17.2. The second kappa shape index (κ2) is 6.71. The van der Waals surface area contributed by atoms with Gasteiger partial charge < -0.3 is 15.3 Å². The van der Waals surface area contributed by atoms with E-state index < -0.39 is 0 Å². The van der Waals surface area contributed by atoms with Gasteiger partial charge in [-0.25, -0.2) is 0 Å². The van der Waals surface area contributed by atoms with Gasteiger partial charge in [-0.15, -0.1) is 10.2 Å². The van der Waals surface area contributed by atoms with Crippen LogP contribution in [0.3, 0.4) is 0 Å². The molecule has 2 aromatic carbocycles. The molecule has 1 aliphatic heterocycles. The van der Waals surface area contributed by atoms with Crippen LogP contribution in [-0.4, -0.2) is 39.5 Å². The molecule has 1 saturated heterocycles. The van der Waals surface area contributed by atoms with Crippen LogP contribution in [0, 0.1) is 0 Å². The van der Waals surface area contributed by atoms with Crippen LogP contribution in [0.1, 0.15) is 40.5 Å². The highest BCUT2D eigenvalue weighted by molar-refractivity contribution is 7.18. The number of aromatic nitrogens is 2. The molecule has 0 radical (unpaired) electrons. The maximum Gasteiger partial charge on any atom is 0.208 e. The van der Waals surface area contributed by atoms with Gasteiger partial charge in [0.25, 0.3) is 0 Å². The summed E-state index contributed by atoms with van der Waals surface area (Å²) in [4.78, 5) is 2.30. The average molecular weight is 397 g/mol. The Labute approximate surface area is 170 Å². The lowest BCUT2D eigenvalue weighted by molar-refractivity contribution is 0.161. The summed E-state index contributed by atoms with van der Waals surface area (Å²) >= 11 is 1.63. The molecule has 2 heterocycles. The second-order valence-electron chi connectivity index (χ2n) is 9.20. The highest BCUT2D eigenvalue weighted by Gasteiger charge is 2.39. The normalized spacial score (nSPS) is 19.0. The molecular formula is C22H28N4OS. The highest BCUT2D eigenvalue weighted by atomic mass is 32.1. The first-order valence-electron chi connectivity index (χ1n) is 9.71. The van der Waals surface area contributed by atoms with E-state index in [0.717, 1.165) is 39.3 Å². The quantitative estimate of drug-likeness (QED) is 0.665. The summed E-state index contributed by atoms with van der Waals surface area (Å²) in [5.74, 6) is 0.285. The van der Waals surface area contributed by atoms with E-state index in [4.69, 9.17) is 0 Å². The molecule has 28 heavy (non-hydrogen) atoms. The van der Waals surface area contributed by atoms with E-state index in [9.17, 15) is 5.11 Å². The standard InChI is InChI=1S/C22H28N4OS/c1-21(2)12-17(13-22(3,4)25-21)26(5)20-24-23-19(28-20)16-7-6-15-11-18(27)9-8-14(15)10-16/h6-11,17,25,27H,12-13H2,1-5H3. The number of rotatable bonds is 3. The minimum Gasteiger partial charge on any atom is -0.508 e. The van der Waals surface area contributed by atoms with Crippen molar-refractivity contribution in [1.82, 2.24) is 15.5 Å². The maximum atomic E-state index is 9.65. The van der Waals surface area contributed by atoms with Crippen LogP contribution in [-0.2, 0) is 0 Å². The van der Waals surface area contributed by atoms with Crippen molar-refractivity contribution in [3.63, 3.8) is 0 Å². The third kappa shape index (κ3) is 3.84. The van der Waals surface area contributed by atoms with E-state index in [0.29, 0.717) is 6.04 Å². The van der Waals surface area contributed by atoms with Crippen molar-refractivity contribution >= 4 is 27.2 Å². The van der Waals surface area contributed by atoms with Crippen LogP contribution in [0.5, 0.6) is 5.75 Å². The fraction of sp³-hybridized carbons (Fsp3) is 0.455. The molecule has 1 aliphatic rings.